The Labute approximate surface area is 175 Å². The average molecular weight is 395 g/mol. The molecule has 0 aliphatic heterocycles. The van der Waals surface area contributed by atoms with E-state index < -0.39 is 6.04 Å². The van der Waals surface area contributed by atoms with Gasteiger partial charge in [-0.3, -0.25) is 9.59 Å². The number of carbonyl (C=O) groups is 2. The standard InChI is InChI=1S/C25H34N2O2/c1-17(2)15-26-25(29)21(6)27(16-23-9-7-8-18(3)12-23)24(28)14-22-11-10-19(4)20(5)13-22/h7-13,17,21H,14-16H2,1-6H3,(H,26,29)/t21-/m0/s1. The lowest BCUT2D eigenvalue weighted by molar-refractivity contribution is -0.140. The minimum Gasteiger partial charge on any atom is -0.354 e. The van der Waals surface area contributed by atoms with Gasteiger partial charge in [-0.2, -0.15) is 0 Å². The highest BCUT2D eigenvalue weighted by Crippen LogP contribution is 2.16. The number of nitrogens with zero attached hydrogens (tertiary/aromatic N) is 1. The van der Waals surface area contributed by atoms with Crippen LogP contribution in [0, 0.1) is 26.7 Å². The van der Waals surface area contributed by atoms with Crippen molar-refractivity contribution in [3.8, 4) is 0 Å². The summed E-state index contributed by atoms with van der Waals surface area (Å²) in [5, 5.41) is 2.96. The van der Waals surface area contributed by atoms with Crippen molar-refractivity contribution in [2.45, 2.75) is 60.5 Å². The fourth-order valence-electron chi connectivity index (χ4n) is 3.23. The molecule has 2 aromatic rings. The minimum atomic E-state index is -0.534. The molecule has 29 heavy (non-hydrogen) atoms. The normalized spacial score (nSPS) is 12.0. The summed E-state index contributed by atoms with van der Waals surface area (Å²) in [5.74, 6) is 0.212. The molecule has 0 aliphatic rings. The molecule has 0 fully saturated rings. The van der Waals surface area contributed by atoms with Gasteiger partial charge in [0.2, 0.25) is 11.8 Å². The molecule has 0 heterocycles. The molecule has 1 N–H and O–H groups in total. The molecule has 0 saturated carbocycles. The number of hydrogen-bond acceptors (Lipinski definition) is 2. The average Bonchev–Trinajstić information content (AvgIpc) is 2.66. The lowest BCUT2D eigenvalue weighted by Gasteiger charge is -2.29. The van der Waals surface area contributed by atoms with Crippen molar-refractivity contribution >= 4 is 11.8 Å². The number of carbonyl (C=O) groups excluding carboxylic acids is 2. The number of aryl methyl sites for hydroxylation is 3. The van der Waals surface area contributed by atoms with Crippen LogP contribution in [0.5, 0.6) is 0 Å². The largest absolute Gasteiger partial charge is 0.354 e. The molecule has 2 amide bonds. The van der Waals surface area contributed by atoms with E-state index in [0.717, 1.165) is 16.7 Å². The molecule has 1 atom stereocenters. The summed E-state index contributed by atoms with van der Waals surface area (Å²) in [5.41, 5.74) is 5.52. The van der Waals surface area contributed by atoms with Crippen molar-refractivity contribution in [2.75, 3.05) is 6.54 Å². The molecule has 4 nitrogen and oxygen atoms in total. The van der Waals surface area contributed by atoms with Crippen LogP contribution in [0.4, 0.5) is 0 Å². The van der Waals surface area contributed by atoms with E-state index in [9.17, 15) is 9.59 Å². The Morgan fingerprint density at radius 3 is 2.28 bits per heavy atom. The molecule has 0 spiro atoms. The molecule has 0 bridgehead atoms. The summed E-state index contributed by atoms with van der Waals surface area (Å²) in [6.07, 6.45) is 0.286. The summed E-state index contributed by atoms with van der Waals surface area (Å²) in [4.78, 5) is 27.6. The van der Waals surface area contributed by atoms with Gasteiger partial charge < -0.3 is 10.2 Å². The topological polar surface area (TPSA) is 49.4 Å². The maximum absolute atomic E-state index is 13.2. The molecule has 0 unspecified atom stereocenters. The highest BCUT2D eigenvalue weighted by atomic mass is 16.2. The minimum absolute atomic E-state index is 0.0399. The van der Waals surface area contributed by atoms with Gasteiger partial charge in [0.05, 0.1) is 6.42 Å². The zero-order valence-corrected chi connectivity index (χ0v) is 18.6. The third-order valence-corrected chi connectivity index (χ3v) is 5.21. The lowest BCUT2D eigenvalue weighted by Crippen LogP contribution is -2.48. The lowest BCUT2D eigenvalue weighted by atomic mass is 10.0. The second-order valence-electron chi connectivity index (χ2n) is 8.42. The monoisotopic (exact) mass is 394 g/mol. The van der Waals surface area contributed by atoms with E-state index in [1.165, 1.54) is 11.1 Å². The zero-order chi connectivity index (χ0) is 21.6. The molecule has 2 rings (SSSR count). The molecule has 0 aliphatic carbocycles. The van der Waals surface area contributed by atoms with E-state index in [0.29, 0.717) is 19.0 Å². The van der Waals surface area contributed by atoms with Crippen molar-refractivity contribution in [2.24, 2.45) is 5.92 Å². The Balaban J connectivity index is 2.23. The highest BCUT2D eigenvalue weighted by Gasteiger charge is 2.26. The molecule has 2 aromatic carbocycles. The molecular formula is C25H34N2O2. The SMILES string of the molecule is Cc1cccc(CN(C(=O)Cc2ccc(C)c(C)c2)[C@@H](C)C(=O)NCC(C)C)c1. The first kappa shape index (κ1) is 22.7. The second-order valence-corrected chi connectivity index (χ2v) is 8.42. The van der Waals surface area contributed by atoms with Crippen molar-refractivity contribution < 1.29 is 9.59 Å². The van der Waals surface area contributed by atoms with Crippen LogP contribution in [0.1, 0.15) is 48.6 Å². The number of nitrogens with one attached hydrogen (secondary N) is 1. The number of hydrogen-bond donors (Lipinski definition) is 1. The van der Waals surface area contributed by atoms with Crippen LogP contribution in [0.3, 0.4) is 0 Å². The third-order valence-electron chi connectivity index (χ3n) is 5.21. The quantitative estimate of drug-likeness (QED) is 0.724. The van der Waals surface area contributed by atoms with Gasteiger partial charge in [0.15, 0.2) is 0 Å². The molecule has 4 heteroatoms. The number of benzene rings is 2. The van der Waals surface area contributed by atoms with Gasteiger partial charge in [0.25, 0.3) is 0 Å². The summed E-state index contributed by atoms with van der Waals surface area (Å²) in [7, 11) is 0. The van der Waals surface area contributed by atoms with Crippen LogP contribution in [-0.2, 0) is 22.6 Å². The molecule has 0 aromatic heterocycles. The Morgan fingerprint density at radius 1 is 0.931 bits per heavy atom. The van der Waals surface area contributed by atoms with Gasteiger partial charge in [-0.05, 0) is 55.9 Å². The van der Waals surface area contributed by atoms with Crippen molar-refractivity contribution in [1.29, 1.82) is 0 Å². The van der Waals surface area contributed by atoms with Gasteiger partial charge in [0, 0.05) is 13.1 Å². The van der Waals surface area contributed by atoms with Gasteiger partial charge in [-0.15, -0.1) is 0 Å². The van der Waals surface area contributed by atoms with Crippen molar-refractivity contribution in [3.63, 3.8) is 0 Å². The van der Waals surface area contributed by atoms with Crippen LogP contribution in [0.2, 0.25) is 0 Å². The Bertz CT molecular complexity index is 858. The smallest absolute Gasteiger partial charge is 0.242 e. The van der Waals surface area contributed by atoms with Crippen molar-refractivity contribution in [3.05, 3.63) is 70.3 Å². The first-order valence-corrected chi connectivity index (χ1v) is 10.4. The Kier molecular flexibility index (Phi) is 8.00. The Hall–Kier alpha value is -2.62. The highest BCUT2D eigenvalue weighted by molar-refractivity contribution is 5.88. The summed E-state index contributed by atoms with van der Waals surface area (Å²) in [6, 6.07) is 13.6. The number of amides is 2. The van der Waals surface area contributed by atoms with Gasteiger partial charge in [-0.25, -0.2) is 0 Å². The van der Waals surface area contributed by atoms with Crippen LogP contribution in [0.15, 0.2) is 42.5 Å². The fourth-order valence-corrected chi connectivity index (χ4v) is 3.23. The maximum atomic E-state index is 13.2. The van der Waals surface area contributed by atoms with Crippen LogP contribution in [-0.4, -0.2) is 29.3 Å². The summed E-state index contributed by atoms with van der Waals surface area (Å²) >= 11 is 0. The molecule has 0 radical (unpaired) electrons. The van der Waals surface area contributed by atoms with E-state index in [-0.39, 0.29) is 18.2 Å². The summed E-state index contributed by atoms with van der Waals surface area (Å²) < 4.78 is 0. The molecular weight excluding hydrogens is 360 g/mol. The first-order valence-electron chi connectivity index (χ1n) is 10.4. The van der Waals surface area contributed by atoms with Crippen molar-refractivity contribution in [1.82, 2.24) is 10.2 Å². The van der Waals surface area contributed by atoms with E-state index in [1.807, 2.05) is 44.2 Å². The van der Waals surface area contributed by atoms with Gasteiger partial charge >= 0.3 is 0 Å². The van der Waals surface area contributed by atoms with Crippen LogP contribution >= 0.6 is 0 Å². The fraction of sp³-hybridized carbons (Fsp3) is 0.440. The third kappa shape index (κ3) is 6.74. The second kappa shape index (κ2) is 10.2. The summed E-state index contributed by atoms with van der Waals surface area (Å²) in [6.45, 7) is 13.1. The number of rotatable bonds is 8. The van der Waals surface area contributed by atoms with Gasteiger partial charge in [0.1, 0.15) is 6.04 Å². The molecule has 156 valence electrons. The van der Waals surface area contributed by atoms with Crippen LogP contribution < -0.4 is 5.32 Å². The predicted octanol–water partition coefficient (Wildman–Crippen LogP) is 4.34. The Morgan fingerprint density at radius 2 is 1.66 bits per heavy atom. The van der Waals surface area contributed by atoms with Gasteiger partial charge in [-0.1, -0.05) is 61.9 Å². The predicted molar refractivity (Wildman–Crippen MR) is 119 cm³/mol. The van der Waals surface area contributed by atoms with Crippen LogP contribution in [0.25, 0.3) is 0 Å². The van der Waals surface area contributed by atoms with E-state index >= 15 is 0 Å². The molecule has 0 saturated heterocycles. The maximum Gasteiger partial charge on any atom is 0.242 e. The first-order chi connectivity index (χ1) is 13.7. The van der Waals surface area contributed by atoms with E-state index in [1.54, 1.807) is 4.90 Å². The zero-order valence-electron chi connectivity index (χ0n) is 18.6. The van der Waals surface area contributed by atoms with E-state index in [2.05, 4.69) is 45.1 Å². The van der Waals surface area contributed by atoms with E-state index in [4.69, 9.17) is 0 Å².